The lowest BCUT2D eigenvalue weighted by molar-refractivity contribution is -0.00532. The largest absolute Gasteiger partial charge is 0.403 e. The van der Waals surface area contributed by atoms with Gasteiger partial charge in [-0.25, -0.2) is 4.39 Å². The number of hydrogen-bond donors (Lipinski definition) is 0. The van der Waals surface area contributed by atoms with E-state index in [1.807, 2.05) is 50.2 Å². The predicted molar refractivity (Wildman–Crippen MR) is 174 cm³/mol. The zero-order valence-corrected chi connectivity index (χ0v) is 27.1. The molecule has 0 bridgehead atoms. The highest BCUT2D eigenvalue weighted by Gasteiger charge is 2.50. The van der Waals surface area contributed by atoms with E-state index in [0.717, 1.165) is 10.4 Å². The second kappa shape index (κ2) is 12.7. The second-order valence-electron chi connectivity index (χ2n) is 12.2. The molecule has 43 heavy (non-hydrogen) atoms. The van der Waals surface area contributed by atoms with Gasteiger partial charge in [0, 0.05) is 36.6 Å². The summed E-state index contributed by atoms with van der Waals surface area (Å²) in [5.74, 6) is -1.22. The van der Waals surface area contributed by atoms with Gasteiger partial charge in [-0.1, -0.05) is 93.0 Å². The van der Waals surface area contributed by atoms with Gasteiger partial charge in [0.05, 0.1) is 30.1 Å². The molecule has 1 fully saturated rings. The Kier molecular flexibility index (Phi) is 9.18. The molecule has 1 aliphatic rings. The Hall–Kier alpha value is -3.36. The highest BCUT2D eigenvalue weighted by Crippen LogP contribution is 2.41. The normalized spacial score (nSPS) is 17.6. The first kappa shape index (κ1) is 31.1. The maximum Gasteiger partial charge on any atom is 0.261 e. The van der Waals surface area contributed by atoms with Crippen molar-refractivity contribution < 1.29 is 18.3 Å². The Morgan fingerprint density at radius 1 is 1.00 bits per heavy atom. The summed E-state index contributed by atoms with van der Waals surface area (Å²) in [7, 11) is -2.95. The molecule has 0 aliphatic carbocycles. The Morgan fingerprint density at radius 2 is 1.58 bits per heavy atom. The van der Waals surface area contributed by atoms with E-state index in [1.54, 1.807) is 24.4 Å². The van der Waals surface area contributed by atoms with E-state index in [9.17, 15) is 4.79 Å². The van der Waals surface area contributed by atoms with Crippen molar-refractivity contribution in [2.75, 3.05) is 18.0 Å². The van der Waals surface area contributed by atoms with Crippen LogP contribution in [0.4, 0.5) is 10.1 Å². The zero-order valence-electron chi connectivity index (χ0n) is 25.3. The number of anilines is 1. The smallest absolute Gasteiger partial charge is 0.261 e. The molecule has 1 aliphatic heterocycles. The van der Waals surface area contributed by atoms with Crippen LogP contribution in [0.1, 0.15) is 56.1 Å². The first-order valence-corrected chi connectivity index (χ1v) is 16.9. The summed E-state index contributed by atoms with van der Waals surface area (Å²) in [6.45, 7) is 11.8. The number of carbonyl (C=O) groups excluding carboxylic acids is 1. The van der Waals surface area contributed by atoms with Gasteiger partial charge in [0.25, 0.3) is 8.32 Å². The van der Waals surface area contributed by atoms with Gasteiger partial charge in [-0.3, -0.25) is 9.78 Å². The number of halogens is 2. The third-order valence-electron chi connectivity index (χ3n) is 8.02. The minimum absolute atomic E-state index is 0.0787. The Morgan fingerprint density at radius 3 is 2.09 bits per heavy atom. The molecule has 0 spiro atoms. The number of nitrogens with zero attached hydrogens (tertiary/aromatic N) is 2. The molecule has 3 aromatic carbocycles. The molecule has 2 heterocycles. The standard InChI is InChI=1S/C35H38ClFN2O3Si/c1-24-21-39(22-25(2)42-24)33-27(19-30(32(37)31(33)36)34(40)26-13-12-18-38-20-26)23-41-43(35(3,4)5,28-14-8-6-9-15-28)29-16-10-7-11-17-29/h6-20,24-25H,21-23H2,1-5H3. The van der Waals surface area contributed by atoms with Gasteiger partial charge < -0.3 is 14.1 Å². The van der Waals surface area contributed by atoms with Crippen LogP contribution in [0.25, 0.3) is 0 Å². The molecule has 5 nitrogen and oxygen atoms in total. The molecule has 224 valence electrons. The van der Waals surface area contributed by atoms with Gasteiger partial charge in [-0.05, 0) is 47.5 Å². The van der Waals surface area contributed by atoms with Crippen LogP contribution in [0.3, 0.4) is 0 Å². The maximum atomic E-state index is 16.1. The highest BCUT2D eigenvalue weighted by atomic mass is 35.5. The lowest BCUT2D eigenvalue weighted by Crippen LogP contribution is -2.66. The minimum atomic E-state index is -2.95. The first-order chi connectivity index (χ1) is 20.5. The number of aromatic nitrogens is 1. The number of rotatable bonds is 8. The number of pyridine rings is 1. The lowest BCUT2D eigenvalue weighted by atomic mass is 9.99. The highest BCUT2D eigenvalue weighted by molar-refractivity contribution is 6.99. The van der Waals surface area contributed by atoms with E-state index < -0.39 is 19.9 Å². The van der Waals surface area contributed by atoms with Crippen molar-refractivity contribution in [2.24, 2.45) is 0 Å². The van der Waals surface area contributed by atoms with E-state index >= 15 is 4.39 Å². The molecule has 0 amide bonds. The zero-order chi connectivity index (χ0) is 30.8. The average molecular weight is 617 g/mol. The van der Waals surface area contributed by atoms with Crippen LogP contribution in [0.2, 0.25) is 10.1 Å². The monoisotopic (exact) mass is 616 g/mol. The van der Waals surface area contributed by atoms with Gasteiger partial charge in [0.2, 0.25) is 0 Å². The molecule has 5 rings (SSSR count). The number of ether oxygens (including phenoxy) is 1. The molecule has 0 radical (unpaired) electrons. The Bertz CT molecular complexity index is 1520. The summed E-state index contributed by atoms with van der Waals surface area (Å²) in [6, 6.07) is 25.6. The number of carbonyl (C=O) groups is 1. The Labute approximate surface area is 259 Å². The minimum Gasteiger partial charge on any atom is -0.403 e. The van der Waals surface area contributed by atoms with E-state index in [4.69, 9.17) is 20.8 Å². The maximum absolute atomic E-state index is 16.1. The number of ketones is 1. The van der Waals surface area contributed by atoms with E-state index in [2.05, 4.69) is 54.9 Å². The molecule has 0 N–H and O–H groups in total. The summed E-state index contributed by atoms with van der Waals surface area (Å²) in [4.78, 5) is 19.7. The van der Waals surface area contributed by atoms with Crippen LogP contribution in [-0.2, 0) is 15.8 Å². The van der Waals surface area contributed by atoms with Gasteiger partial charge in [-0.2, -0.15) is 0 Å². The van der Waals surface area contributed by atoms with E-state index in [-0.39, 0.29) is 40.0 Å². The summed E-state index contributed by atoms with van der Waals surface area (Å²) >= 11 is 6.87. The fourth-order valence-electron chi connectivity index (χ4n) is 6.25. The lowest BCUT2D eigenvalue weighted by Gasteiger charge is -2.43. The van der Waals surface area contributed by atoms with Gasteiger partial charge >= 0.3 is 0 Å². The van der Waals surface area contributed by atoms with Crippen molar-refractivity contribution in [3.05, 3.63) is 119 Å². The van der Waals surface area contributed by atoms with Crippen LogP contribution < -0.4 is 15.3 Å². The molecule has 8 heteroatoms. The molecule has 1 aromatic heterocycles. The topological polar surface area (TPSA) is 51.7 Å². The Balaban J connectivity index is 1.68. The van der Waals surface area contributed by atoms with Crippen LogP contribution >= 0.6 is 11.6 Å². The predicted octanol–water partition coefficient (Wildman–Crippen LogP) is 6.80. The van der Waals surface area contributed by atoms with Crippen molar-refractivity contribution >= 4 is 41.8 Å². The van der Waals surface area contributed by atoms with Crippen molar-refractivity contribution in [3.63, 3.8) is 0 Å². The molecule has 0 saturated carbocycles. The van der Waals surface area contributed by atoms with Crippen LogP contribution in [0.5, 0.6) is 0 Å². The third-order valence-corrected chi connectivity index (χ3v) is 13.4. The number of hydrogen-bond acceptors (Lipinski definition) is 5. The third kappa shape index (κ3) is 6.18. The molecule has 2 unspecified atom stereocenters. The number of benzene rings is 3. The van der Waals surface area contributed by atoms with Gasteiger partial charge in [-0.15, -0.1) is 0 Å². The molecular formula is C35H38ClFN2O3Si. The molecule has 4 aromatic rings. The fraction of sp³-hybridized carbons (Fsp3) is 0.314. The molecular weight excluding hydrogens is 579 g/mol. The fourth-order valence-corrected chi connectivity index (χ4v) is 11.1. The SMILES string of the molecule is CC1CN(c2c(CO[Si](c3ccccc3)(c3ccccc3)C(C)(C)C)cc(C(=O)c3cccnc3)c(F)c2Cl)CC(C)O1. The van der Waals surface area contributed by atoms with Crippen molar-refractivity contribution in [2.45, 2.75) is 58.5 Å². The van der Waals surface area contributed by atoms with Crippen molar-refractivity contribution in [1.82, 2.24) is 4.98 Å². The van der Waals surface area contributed by atoms with Crippen molar-refractivity contribution in [1.29, 1.82) is 0 Å². The van der Waals surface area contributed by atoms with Crippen LogP contribution in [0, 0.1) is 5.82 Å². The van der Waals surface area contributed by atoms with E-state index in [0.29, 0.717) is 24.3 Å². The van der Waals surface area contributed by atoms with Crippen LogP contribution in [0.15, 0.2) is 91.3 Å². The van der Waals surface area contributed by atoms with Gasteiger partial charge in [0.1, 0.15) is 5.02 Å². The second-order valence-corrected chi connectivity index (χ2v) is 16.9. The van der Waals surface area contributed by atoms with E-state index in [1.165, 1.54) is 6.20 Å². The quantitative estimate of drug-likeness (QED) is 0.161. The van der Waals surface area contributed by atoms with Crippen molar-refractivity contribution in [3.8, 4) is 0 Å². The summed E-state index contributed by atoms with van der Waals surface area (Å²) in [5, 5.41) is 1.90. The van der Waals surface area contributed by atoms with Crippen LogP contribution in [-0.4, -0.2) is 44.4 Å². The van der Waals surface area contributed by atoms with Gasteiger partial charge in [0.15, 0.2) is 11.6 Å². The summed E-state index contributed by atoms with van der Waals surface area (Å²) in [5.41, 5.74) is 1.39. The summed E-state index contributed by atoms with van der Waals surface area (Å²) in [6.07, 6.45) is 2.86. The average Bonchev–Trinajstić information content (AvgIpc) is 2.99. The molecule has 2 atom stereocenters. The molecule has 1 saturated heterocycles. The summed E-state index contributed by atoms with van der Waals surface area (Å²) < 4.78 is 29.3. The number of morpholine rings is 1. The first-order valence-electron chi connectivity index (χ1n) is 14.6.